The Morgan fingerprint density at radius 3 is 2.75 bits per heavy atom. The molecule has 2 heterocycles. The minimum Gasteiger partial charge on any atom is -0.496 e. The summed E-state index contributed by atoms with van der Waals surface area (Å²) in [4.78, 5) is 23.9. The molecule has 6 nitrogen and oxygen atoms in total. The van der Waals surface area contributed by atoms with Gasteiger partial charge in [-0.3, -0.25) is 4.79 Å². The van der Waals surface area contributed by atoms with Crippen molar-refractivity contribution in [2.45, 2.75) is 39.0 Å². The fourth-order valence-electron chi connectivity index (χ4n) is 4.72. The van der Waals surface area contributed by atoms with E-state index in [-0.39, 0.29) is 59.3 Å². The molecular weight excluding hydrogens is 464 g/mol. The van der Waals surface area contributed by atoms with Gasteiger partial charge in [-0.2, -0.15) is 0 Å². The maximum atomic E-state index is 15.0. The van der Waals surface area contributed by atoms with Crippen LogP contribution in [0.15, 0.2) is 42.6 Å². The fourth-order valence-corrected chi connectivity index (χ4v) is 4.72. The number of benzene rings is 2. The van der Waals surface area contributed by atoms with Gasteiger partial charge in [-0.05, 0) is 66.1 Å². The summed E-state index contributed by atoms with van der Waals surface area (Å²) in [6, 6.07) is 9.14. The second-order valence-electron chi connectivity index (χ2n) is 9.48. The standard InChI is InChI=1S/C28H31F2N3O3/c1-17(2)20-14-24(33-11-5-6-18(15-33)16-34)19(12-22(20)30)13-25(35)23-9-10-31-28(32-23)27-21(29)7-4-8-26(27)36-3/h4,7-10,12,14,17-18,34H,5-6,11,13,15-16H2,1-3H3/t18-/m0/s1. The number of aromatic nitrogens is 2. The smallest absolute Gasteiger partial charge is 0.185 e. The number of methoxy groups -OCH3 is 1. The highest BCUT2D eigenvalue weighted by molar-refractivity contribution is 5.97. The van der Waals surface area contributed by atoms with Crippen LogP contribution in [0, 0.1) is 17.6 Å². The summed E-state index contributed by atoms with van der Waals surface area (Å²) in [5, 5.41) is 9.69. The second-order valence-corrected chi connectivity index (χ2v) is 9.48. The van der Waals surface area contributed by atoms with Gasteiger partial charge >= 0.3 is 0 Å². The molecule has 3 aromatic rings. The summed E-state index contributed by atoms with van der Waals surface area (Å²) in [6.07, 6.45) is 3.17. The van der Waals surface area contributed by atoms with Crippen molar-refractivity contribution in [3.63, 3.8) is 0 Å². The summed E-state index contributed by atoms with van der Waals surface area (Å²) < 4.78 is 34.8. The zero-order valence-corrected chi connectivity index (χ0v) is 20.8. The molecule has 190 valence electrons. The van der Waals surface area contributed by atoms with E-state index in [1.807, 2.05) is 19.9 Å². The van der Waals surface area contributed by atoms with E-state index in [4.69, 9.17) is 4.74 Å². The van der Waals surface area contributed by atoms with Crippen molar-refractivity contribution >= 4 is 11.5 Å². The van der Waals surface area contributed by atoms with Gasteiger partial charge in [-0.15, -0.1) is 0 Å². The number of nitrogens with zero attached hydrogens (tertiary/aromatic N) is 3. The van der Waals surface area contributed by atoms with Crippen LogP contribution >= 0.6 is 0 Å². The summed E-state index contributed by atoms with van der Waals surface area (Å²) in [5.41, 5.74) is 2.13. The van der Waals surface area contributed by atoms with Gasteiger partial charge < -0.3 is 14.7 Å². The third kappa shape index (κ3) is 5.38. The molecule has 1 saturated heterocycles. The lowest BCUT2D eigenvalue weighted by atomic mass is 9.93. The molecular formula is C28H31F2N3O3. The number of aliphatic hydroxyl groups excluding tert-OH is 1. The number of ether oxygens (including phenoxy) is 1. The second kappa shape index (κ2) is 11.1. The minimum absolute atomic E-state index is 0.0212. The average Bonchev–Trinajstić information content (AvgIpc) is 2.88. The van der Waals surface area contributed by atoms with Gasteiger partial charge in [0.05, 0.1) is 12.7 Å². The normalized spacial score (nSPS) is 15.9. The van der Waals surface area contributed by atoms with Crippen molar-refractivity contribution in [2.75, 3.05) is 31.7 Å². The van der Waals surface area contributed by atoms with Gasteiger partial charge in [0.25, 0.3) is 0 Å². The number of Topliss-reactive ketones (excluding diaryl/α,β-unsaturated/α-hetero) is 1. The van der Waals surface area contributed by atoms with E-state index in [0.29, 0.717) is 17.7 Å². The van der Waals surface area contributed by atoms with Crippen molar-refractivity contribution in [3.8, 4) is 17.1 Å². The first-order chi connectivity index (χ1) is 17.3. The maximum absolute atomic E-state index is 15.0. The van der Waals surface area contributed by atoms with Crippen LogP contribution < -0.4 is 9.64 Å². The molecule has 2 aromatic carbocycles. The molecule has 1 N–H and O–H groups in total. The number of hydrogen-bond acceptors (Lipinski definition) is 6. The van der Waals surface area contributed by atoms with Gasteiger partial charge in [-0.25, -0.2) is 18.7 Å². The summed E-state index contributed by atoms with van der Waals surface area (Å²) in [6.45, 7) is 5.36. The number of hydrogen-bond donors (Lipinski definition) is 1. The van der Waals surface area contributed by atoms with Crippen molar-refractivity contribution in [1.29, 1.82) is 0 Å². The zero-order valence-electron chi connectivity index (χ0n) is 20.8. The zero-order chi connectivity index (χ0) is 25.8. The van der Waals surface area contributed by atoms with E-state index in [0.717, 1.165) is 25.1 Å². The largest absolute Gasteiger partial charge is 0.496 e. The van der Waals surface area contributed by atoms with Crippen LogP contribution in [0.5, 0.6) is 5.75 Å². The Hall–Kier alpha value is -3.39. The van der Waals surface area contributed by atoms with Gasteiger partial charge in [0.15, 0.2) is 11.6 Å². The summed E-state index contributed by atoms with van der Waals surface area (Å²) in [7, 11) is 1.42. The molecule has 0 radical (unpaired) electrons. The van der Waals surface area contributed by atoms with E-state index < -0.39 is 5.82 Å². The molecule has 1 aliphatic heterocycles. The Kier molecular flexibility index (Phi) is 7.94. The third-order valence-corrected chi connectivity index (χ3v) is 6.65. The number of ketones is 1. The molecule has 0 bridgehead atoms. The Labute approximate surface area is 210 Å². The maximum Gasteiger partial charge on any atom is 0.185 e. The molecule has 1 aliphatic rings. The van der Waals surface area contributed by atoms with Gasteiger partial charge in [-0.1, -0.05) is 19.9 Å². The topological polar surface area (TPSA) is 75.5 Å². The quantitative estimate of drug-likeness (QED) is 0.434. The molecule has 0 saturated carbocycles. The molecule has 1 fully saturated rings. The highest BCUT2D eigenvalue weighted by Gasteiger charge is 2.25. The molecule has 0 aliphatic carbocycles. The number of aliphatic hydroxyl groups is 1. The molecule has 0 unspecified atom stereocenters. The summed E-state index contributed by atoms with van der Waals surface area (Å²) >= 11 is 0. The first-order valence-electron chi connectivity index (χ1n) is 12.2. The van der Waals surface area contributed by atoms with Crippen molar-refractivity contribution in [1.82, 2.24) is 9.97 Å². The van der Waals surface area contributed by atoms with Crippen LogP contribution in [0.4, 0.5) is 14.5 Å². The number of carbonyl (C=O) groups is 1. The monoisotopic (exact) mass is 495 g/mol. The van der Waals surface area contributed by atoms with E-state index >= 15 is 4.39 Å². The Morgan fingerprint density at radius 2 is 2.03 bits per heavy atom. The Balaban J connectivity index is 1.69. The van der Waals surface area contributed by atoms with Crippen LogP contribution in [-0.4, -0.2) is 47.7 Å². The van der Waals surface area contributed by atoms with Crippen molar-refractivity contribution in [3.05, 3.63) is 71.1 Å². The highest BCUT2D eigenvalue weighted by atomic mass is 19.1. The molecule has 1 atom stereocenters. The Morgan fingerprint density at radius 1 is 1.22 bits per heavy atom. The lowest BCUT2D eigenvalue weighted by molar-refractivity contribution is 0.0988. The molecule has 1 aromatic heterocycles. The van der Waals surface area contributed by atoms with E-state index in [1.165, 1.54) is 37.6 Å². The molecule has 36 heavy (non-hydrogen) atoms. The number of rotatable bonds is 8. The fraction of sp³-hybridized carbons (Fsp3) is 0.393. The van der Waals surface area contributed by atoms with E-state index in [9.17, 15) is 14.3 Å². The number of carbonyl (C=O) groups excluding carboxylic acids is 1. The average molecular weight is 496 g/mol. The SMILES string of the molecule is COc1cccc(F)c1-c1nccc(C(=O)Cc2cc(F)c(C(C)C)cc2N2CCC[C@H](CO)C2)n1. The minimum atomic E-state index is -0.559. The lowest BCUT2D eigenvalue weighted by Crippen LogP contribution is -2.37. The van der Waals surface area contributed by atoms with Gasteiger partial charge in [0.1, 0.15) is 23.1 Å². The van der Waals surface area contributed by atoms with Gasteiger partial charge in [0, 0.05) is 38.0 Å². The molecule has 0 spiro atoms. The first kappa shape index (κ1) is 25.7. The third-order valence-electron chi connectivity index (χ3n) is 6.65. The molecule has 0 amide bonds. The number of anilines is 1. The van der Waals surface area contributed by atoms with E-state index in [1.54, 1.807) is 6.07 Å². The summed E-state index contributed by atoms with van der Waals surface area (Å²) in [5.74, 6) is -0.830. The van der Waals surface area contributed by atoms with Crippen molar-refractivity contribution < 1.29 is 23.4 Å². The molecule has 4 rings (SSSR count). The van der Waals surface area contributed by atoms with Crippen LogP contribution in [-0.2, 0) is 6.42 Å². The number of piperidine rings is 1. The van der Waals surface area contributed by atoms with Crippen molar-refractivity contribution in [2.24, 2.45) is 5.92 Å². The van der Waals surface area contributed by atoms with Crippen LogP contribution in [0.25, 0.3) is 11.4 Å². The number of halogens is 2. The highest BCUT2D eigenvalue weighted by Crippen LogP contribution is 2.33. The predicted octanol–water partition coefficient (Wildman–Crippen LogP) is 5.19. The van der Waals surface area contributed by atoms with E-state index in [2.05, 4.69) is 14.9 Å². The first-order valence-corrected chi connectivity index (χ1v) is 12.2. The van der Waals surface area contributed by atoms with Crippen LogP contribution in [0.3, 0.4) is 0 Å². The molecule has 8 heteroatoms. The lowest BCUT2D eigenvalue weighted by Gasteiger charge is -2.35. The Bertz CT molecular complexity index is 1250. The predicted molar refractivity (Wildman–Crippen MR) is 135 cm³/mol. The van der Waals surface area contributed by atoms with Crippen LogP contribution in [0.2, 0.25) is 0 Å². The van der Waals surface area contributed by atoms with Gasteiger partial charge in [0.2, 0.25) is 0 Å². The van der Waals surface area contributed by atoms with Crippen LogP contribution in [0.1, 0.15) is 54.2 Å².